The first-order valence-corrected chi connectivity index (χ1v) is 10.4. The van der Waals surface area contributed by atoms with Crippen molar-refractivity contribution in [2.24, 2.45) is 0 Å². The van der Waals surface area contributed by atoms with E-state index < -0.39 is 30.1 Å². The Kier molecular flexibility index (Phi) is 4.45. The molecule has 2 aromatic carbocycles. The van der Waals surface area contributed by atoms with Crippen molar-refractivity contribution < 1.29 is 23.6 Å². The lowest BCUT2D eigenvalue weighted by molar-refractivity contribution is 0.00578. The average Bonchev–Trinajstić information content (AvgIpc) is 3.14. The zero-order valence-corrected chi connectivity index (χ0v) is 18.6. The lowest BCUT2D eigenvalue weighted by atomic mass is 9.77. The number of methoxy groups -OCH3 is 1. The smallest absolute Gasteiger partial charge is 0.497 e. The van der Waals surface area contributed by atoms with Crippen molar-refractivity contribution in [1.82, 2.24) is 4.98 Å². The van der Waals surface area contributed by atoms with Crippen LogP contribution < -0.4 is 15.1 Å². The Labute approximate surface area is 186 Å². The molecule has 1 aromatic heterocycles. The molecule has 1 fully saturated rings. The van der Waals surface area contributed by atoms with Crippen molar-refractivity contribution in [1.29, 1.82) is 0 Å². The minimum Gasteiger partial charge on any atom is -0.497 e. The molecule has 0 bridgehead atoms. The molecule has 32 heavy (non-hydrogen) atoms. The first kappa shape index (κ1) is 20.7. The molecule has 7 nitrogen and oxygen atoms in total. The Morgan fingerprint density at radius 2 is 1.53 bits per heavy atom. The fourth-order valence-corrected chi connectivity index (χ4v) is 4.09. The number of anilines is 1. The lowest BCUT2D eigenvalue weighted by Crippen LogP contribution is -2.41. The number of amides is 2. The summed E-state index contributed by atoms with van der Waals surface area (Å²) < 4.78 is 18.1. The maximum atomic E-state index is 13.1. The minimum absolute atomic E-state index is 0.272. The lowest BCUT2D eigenvalue weighted by Gasteiger charge is -2.32. The predicted molar refractivity (Wildman–Crippen MR) is 122 cm³/mol. The molecule has 0 N–H and O–H groups in total. The van der Waals surface area contributed by atoms with Gasteiger partial charge in [-0.15, -0.1) is 0 Å². The molecule has 0 saturated carbocycles. The summed E-state index contributed by atoms with van der Waals surface area (Å²) in [6.07, 6.45) is 1.58. The van der Waals surface area contributed by atoms with Gasteiger partial charge >= 0.3 is 7.12 Å². The van der Waals surface area contributed by atoms with E-state index in [1.165, 1.54) is 0 Å². The number of ether oxygens (including phenoxy) is 1. The Balaban J connectivity index is 1.67. The Hall–Kier alpha value is -3.23. The van der Waals surface area contributed by atoms with E-state index in [1.807, 2.05) is 45.9 Å². The molecule has 3 aromatic rings. The normalized spacial score (nSPS) is 19.0. The first-order valence-electron chi connectivity index (χ1n) is 10.4. The zero-order valence-electron chi connectivity index (χ0n) is 18.6. The summed E-state index contributed by atoms with van der Waals surface area (Å²) in [4.78, 5) is 31.7. The summed E-state index contributed by atoms with van der Waals surface area (Å²) in [5.74, 6) is 0.0850. The predicted octanol–water partition coefficient (Wildman–Crippen LogP) is 3.34. The van der Waals surface area contributed by atoms with Crippen LogP contribution >= 0.6 is 0 Å². The highest BCUT2D eigenvalue weighted by atomic mass is 16.7. The van der Waals surface area contributed by atoms with Gasteiger partial charge in [0.1, 0.15) is 5.75 Å². The molecular weight excluding hydrogens is 407 g/mol. The van der Waals surface area contributed by atoms with Crippen LogP contribution in [-0.2, 0) is 9.31 Å². The summed E-state index contributed by atoms with van der Waals surface area (Å²) in [6.45, 7) is 7.91. The highest BCUT2D eigenvalue weighted by Crippen LogP contribution is 2.38. The van der Waals surface area contributed by atoms with Gasteiger partial charge in [-0.1, -0.05) is 12.1 Å². The Bertz CT molecular complexity index is 1240. The first-order chi connectivity index (χ1) is 15.1. The number of benzene rings is 2. The van der Waals surface area contributed by atoms with Gasteiger partial charge in [-0.05, 0) is 63.4 Å². The van der Waals surface area contributed by atoms with Gasteiger partial charge in [0.05, 0.1) is 29.4 Å². The van der Waals surface area contributed by atoms with Crippen LogP contribution in [0.1, 0.15) is 48.4 Å². The van der Waals surface area contributed by atoms with Gasteiger partial charge in [0.15, 0.2) is 5.82 Å². The van der Waals surface area contributed by atoms with E-state index in [4.69, 9.17) is 14.0 Å². The second-order valence-electron chi connectivity index (χ2n) is 9.03. The Morgan fingerprint density at radius 3 is 2.09 bits per heavy atom. The van der Waals surface area contributed by atoms with Crippen LogP contribution in [-0.4, -0.2) is 42.2 Å². The van der Waals surface area contributed by atoms with Crippen LogP contribution in [0.15, 0.2) is 48.7 Å². The van der Waals surface area contributed by atoms with Crippen LogP contribution in [0.4, 0.5) is 5.82 Å². The van der Waals surface area contributed by atoms with Gasteiger partial charge in [-0.2, -0.15) is 0 Å². The van der Waals surface area contributed by atoms with Gasteiger partial charge in [0, 0.05) is 17.0 Å². The molecule has 162 valence electrons. The van der Waals surface area contributed by atoms with Gasteiger partial charge in [0.25, 0.3) is 11.8 Å². The standard InChI is InChI=1S/C24H23BN2O5/c1-23(2)24(3,4)32-25(31-23)18-13-17-14(12-19(18)30-5)10-11-26-20(17)27-21(28)15-8-6-7-9-16(15)22(27)29/h6-13H,1-5H3. The van der Waals surface area contributed by atoms with Crippen molar-refractivity contribution >= 4 is 41.0 Å². The summed E-state index contributed by atoms with van der Waals surface area (Å²) in [7, 11) is 0.914. The molecule has 0 aliphatic carbocycles. The average molecular weight is 430 g/mol. The van der Waals surface area contributed by atoms with Crippen molar-refractivity contribution in [3.05, 3.63) is 59.8 Å². The third-order valence-corrected chi connectivity index (χ3v) is 6.61. The molecule has 8 heteroatoms. The van der Waals surface area contributed by atoms with E-state index in [9.17, 15) is 9.59 Å². The third kappa shape index (κ3) is 2.87. The number of pyridine rings is 1. The summed E-state index contributed by atoms with van der Waals surface area (Å²) in [6, 6.07) is 12.3. The second-order valence-corrected chi connectivity index (χ2v) is 9.03. The molecule has 1 saturated heterocycles. The number of imide groups is 1. The van der Waals surface area contributed by atoms with Crippen molar-refractivity contribution in [3.8, 4) is 5.75 Å². The van der Waals surface area contributed by atoms with Crippen LogP contribution in [0.25, 0.3) is 10.8 Å². The van der Waals surface area contributed by atoms with E-state index >= 15 is 0 Å². The molecule has 3 heterocycles. The minimum atomic E-state index is -0.672. The van der Waals surface area contributed by atoms with Crippen molar-refractivity contribution in [2.75, 3.05) is 12.0 Å². The molecule has 2 aliphatic rings. The van der Waals surface area contributed by atoms with Gasteiger partial charge < -0.3 is 14.0 Å². The van der Waals surface area contributed by atoms with Crippen molar-refractivity contribution in [3.63, 3.8) is 0 Å². The Morgan fingerprint density at radius 1 is 0.938 bits per heavy atom. The molecule has 5 rings (SSSR count). The largest absolute Gasteiger partial charge is 0.498 e. The maximum Gasteiger partial charge on any atom is 0.498 e. The summed E-state index contributed by atoms with van der Waals surface area (Å²) in [5.41, 5.74) is 0.354. The van der Waals surface area contributed by atoms with E-state index in [0.717, 1.165) is 10.3 Å². The van der Waals surface area contributed by atoms with Crippen LogP contribution in [0.5, 0.6) is 5.75 Å². The van der Waals surface area contributed by atoms with Crippen LogP contribution in [0.2, 0.25) is 0 Å². The van der Waals surface area contributed by atoms with E-state index in [-0.39, 0.29) is 5.82 Å². The highest BCUT2D eigenvalue weighted by molar-refractivity contribution is 6.63. The number of hydrogen-bond donors (Lipinski definition) is 0. The van der Waals surface area contributed by atoms with Gasteiger partial charge in [-0.25, -0.2) is 9.88 Å². The van der Waals surface area contributed by atoms with Crippen molar-refractivity contribution in [2.45, 2.75) is 38.9 Å². The fraction of sp³-hybridized carbons (Fsp3) is 0.292. The highest BCUT2D eigenvalue weighted by Gasteiger charge is 2.52. The molecule has 0 unspecified atom stereocenters. The number of hydrogen-bond acceptors (Lipinski definition) is 6. The van der Waals surface area contributed by atoms with Gasteiger partial charge in [-0.3, -0.25) is 9.59 Å². The molecule has 0 radical (unpaired) electrons. The van der Waals surface area contributed by atoms with Crippen LogP contribution in [0, 0.1) is 0 Å². The van der Waals surface area contributed by atoms with E-state index in [0.29, 0.717) is 27.7 Å². The van der Waals surface area contributed by atoms with Gasteiger partial charge in [0.2, 0.25) is 0 Å². The SMILES string of the molecule is COc1cc2ccnc(N3C(=O)c4ccccc4C3=O)c2cc1B1OC(C)(C)C(C)(C)O1. The van der Waals surface area contributed by atoms with E-state index in [2.05, 4.69) is 4.98 Å². The molecule has 0 atom stereocenters. The number of nitrogens with zero attached hydrogens (tertiary/aromatic N) is 2. The topological polar surface area (TPSA) is 78.0 Å². The quantitative estimate of drug-likeness (QED) is 0.469. The van der Waals surface area contributed by atoms with E-state index in [1.54, 1.807) is 37.6 Å². The zero-order chi connectivity index (χ0) is 22.8. The van der Waals surface area contributed by atoms with Crippen LogP contribution in [0.3, 0.4) is 0 Å². The maximum absolute atomic E-state index is 13.1. The molecule has 2 amide bonds. The third-order valence-electron chi connectivity index (χ3n) is 6.61. The summed E-state index contributed by atoms with van der Waals surface area (Å²) in [5, 5.41) is 1.41. The summed E-state index contributed by atoms with van der Waals surface area (Å²) >= 11 is 0. The molecule has 2 aliphatic heterocycles. The number of carbonyl (C=O) groups is 2. The number of carbonyl (C=O) groups excluding carboxylic acids is 2. The molecular formula is C24H23BN2O5. The number of aromatic nitrogens is 1. The second kappa shape index (κ2) is 6.89. The number of rotatable bonds is 3. The number of fused-ring (bicyclic) bond motifs is 2. The molecule has 0 spiro atoms. The fourth-order valence-electron chi connectivity index (χ4n) is 4.09. The monoisotopic (exact) mass is 430 g/mol.